The maximum absolute atomic E-state index is 12.6. The van der Waals surface area contributed by atoms with E-state index in [4.69, 9.17) is 20.8 Å². The van der Waals surface area contributed by atoms with Gasteiger partial charge in [0.05, 0.1) is 17.8 Å². The predicted molar refractivity (Wildman–Crippen MR) is 119 cm³/mol. The molecule has 8 nitrogen and oxygen atoms in total. The van der Waals surface area contributed by atoms with Crippen molar-refractivity contribution in [2.45, 2.75) is 32.7 Å². The van der Waals surface area contributed by atoms with Gasteiger partial charge in [0.1, 0.15) is 0 Å². The van der Waals surface area contributed by atoms with Gasteiger partial charge in [-0.1, -0.05) is 24.6 Å². The van der Waals surface area contributed by atoms with E-state index in [1.54, 1.807) is 24.3 Å². The number of hydrogen-bond acceptors (Lipinski definition) is 8. The quantitative estimate of drug-likeness (QED) is 0.299. The van der Waals surface area contributed by atoms with Gasteiger partial charge in [-0.05, 0) is 42.1 Å². The molecule has 0 unspecified atom stereocenters. The molecule has 0 radical (unpaired) electrons. The standard InChI is InChI=1S/C22H22ClN3O5S/c1-2-11-26(13-19-24-25-22(31-19)18-4-3-12-32-18)20(28)14-30-21(29)10-9-17(27)15-5-7-16(23)8-6-15/h3-8,12H,2,9-11,13-14H2,1H3. The van der Waals surface area contributed by atoms with E-state index in [-0.39, 0.29) is 31.1 Å². The number of ether oxygens (including phenoxy) is 1. The fourth-order valence-corrected chi connectivity index (χ4v) is 3.61. The number of benzene rings is 1. The highest BCUT2D eigenvalue weighted by Crippen LogP contribution is 2.23. The van der Waals surface area contributed by atoms with Crippen molar-refractivity contribution in [1.82, 2.24) is 15.1 Å². The van der Waals surface area contributed by atoms with Gasteiger partial charge in [-0.2, -0.15) is 0 Å². The lowest BCUT2D eigenvalue weighted by atomic mass is 10.1. The van der Waals surface area contributed by atoms with Crippen molar-refractivity contribution in [3.8, 4) is 10.8 Å². The summed E-state index contributed by atoms with van der Waals surface area (Å²) < 4.78 is 10.7. The molecule has 3 rings (SSSR count). The molecule has 168 valence electrons. The molecule has 0 bridgehead atoms. The first kappa shape index (κ1) is 23.6. The van der Waals surface area contributed by atoms with E-state index in [1.165, 1.54) is 16.2 Å². The fraction of sp³-hybridized carbons (Fsp3) is 0.318. The number of carbonyl (C=O) groups excluding carboxylic acids is 3. The van der Waals surface area contributed by atoms with Crippen molar-refractivity contribution in [1.29, 1.82) is 0 Å². The van der Waals surface area contributed by atoms with Crippen LogP contribution in [-0.4, -0.2) is 45.9 Å². The predicted octanol–water partition coefficient (Wildman–Crippen LogP) is 4.40. The number of rotatable bonds is 11. The normalized spacial score (nSPS) is 10.7. The lowest BCUT2D eigenvalue weighted by Crippen LogP contribution is -2.35. The highest BCUT2D eigenvalue weighted by molar-refractivity contribution is 7.13. The maximum Gasteiger partial charge on any atom is 0.306 e. The minimum absolute atomic E-state index is 0.0131. The number of nitrogens with zero attached hydrogens (tertiary/aromatic N) is 3. The number of ketones is 1. The number of amides is 1. The highest BCUT2D eigenvalue weighted by Gasteiger charge is 2.19. The average Bonchev–Trinajstić information content (AvgIpc) is 3.48. The SMILES string of the molecule is CCCN(Cc1nnc(-c2cccs2)o1)C(=O)COC(=O)CCC(=O)c1ccc(Cl)cc1. The summed E-state index contributed by atoms with van der Waals surface area (Å²) in [7, 11) is 0. The second-order valence-electron chi connectivity index (χ2n) is 6.88. The van der Waals surface area contributed by atoms with Gasteiger partial charge in [-0.3, -0.25) is 14.4 Å². The maximum atomic E-state index is 12.6. The zero-order chi connectivity index (χ0) is 22.9. The van der Waals surface area contributed by atoms with Crippen LogP contribution in [0.25, 0.3) is 10.8 Å². The van der Waals surface area contributed by atoms with Gasteiger partial charge >= 0.3 is 5.97 Å². The molecule has 10 heteroatoms. The number of hydrogen-bond donors (Lipinski definition) is 0. The van der Waals surface area contributed by atoms with Crippen LogP contribution >= 0.6 is 22.9 Å². The van der Waals surface area contributed by atoms with Crippen molar-refractivity contribution in [2.75, 3.05) is 13.2 Å². The first-order chi connectivity index (χ1) is 15.5. The van der Waals surface area contributed by atoms with Crippen LogP contribution in [-0.2, 0) is 20.9 Å². The Morgan fingerprint density at radius 1 is 1.12 bits per heavy atom. The first-order valence-corrected chi connectivity index (χ1v) is 11.3. The van der Waals surface area contributed by atoms with Crippen molar-refractivity contribution in [3.63, 3.8) is 0 Å². The van der Waals surface area contributed by atoms with Crippen LogP contribution in [0.1, 0.15) is 42.4 Å². The van der Waals surface area contributed by atoms with E-state index in [0.29, 0.717) is 35.3 Å². The molecule has 0 aliphatic rings. The van der Waals surface area contributed by atoms with Crippen LogP contribution in [0.5, 0.6) is 0 Å². The molecule has 0 N–H and O–H groups in total. The van der Waals surface area contributed by atoms with E-state index in [9.17, 15) is 14.4 Å². The number of thiophene rings is 1. The molecule has 0 atom stereocenters. The van der Waals surface area contributed by atoms with Gasteiger partial charge < -0.3 is 14.1 Å². The number of aromatic nitrogens is 2. The van der Waals surface area contributed by atoms with E-state index >= 15 is 0 Å². The third-order valence-corrected chi connectivity index (χ3v) is 5.56. The monoisotopic (exact) mass is 475 g/mol. The molecular weight excluding hydrogens is 454 g/mol. The Labute approximate surface area is 194 Å². The molecule has 0 aliphatic heterocycles. The minimum Gasteiger partial charge on any atom is -0.456 e. The largest absolute Gasteiger partial charge is 0.456 e. The summed E-state index contributed by atoms with van der Waals surface area (Å²) in [6.07, 6.45) is 0.582. The summed E-state index contributed by atoms with van der Waals surface area (Å²) in [5, 5.41) is 10.4. The van der Waals surface area contributed by atoms with E-state index in [0.717, 1.165) is 4.88 Å². The molecule has 2 heterocycles. The average molecular weight is 476 g/mol. The van der Waals surface area contributed by atoms with Gasteiger partial charge in [0.25, 0.3) is 11.8 Å². The molecule has 3 aromatic rings. The Kier molecular flexibility index (Phi) is 8.52. The fourth-order valence-electron chi connectivity index (χ4n) is 2.84. The molecule has 0 aliphatic carbocycles. The smallest absolute Gasteiger partial charge is 0.306 e. The summed E-state index contributed by atoms with van der Waals surface area (Å²) in [6.45, 7) is 2.08. The van der Waals surface area contributed by atoms with E-state index < -0.39 is 12.6 Å². The lowest BCUT2D eigenvalue weighted by molar-refractivity contribution is -0.152. The molecule has 1 amide bonds. The summed E-state index contributed by atoms with van der Waals surface area (Å²) in [5.41, 5.74) is 0.467. The summed E-state index contributed by atoms with van der Waals surface area (Å²) in [6, 6.07) is 10.2. The van der Waals surface area contributed by atoms with Crippen LogP contribution in [0.15, 0.2) is 46.2 Å². The molecule has 32 heavy (non-hydrogen) atoms. The van der Waals surface area contributed by atoms with Crippen LogP contribution in [0, 0.1) is 0 Å². The number of carbonyl (C=O) groups is 3. The van der Waals surface area contributed by atoms with Crippen LogP contribution < -0.4 is 0 Å². The Hall–Kier alpha value is -3.04. The second-order valence-corrected chi connectivity index (χ2v) is 8.27. The zero-order valence-electron chi connectivity index (χ0n) is 17.5. The van der Waals surface area contributed by atoms with Gasteiger partial charge in [0.15, 0.2) is 12.4 Å². The van der Waals surface area contributed by atoms with E-state index in [1.807, 2.05) is 24.4 Å². The molecule has 0 fully saturated rings. The Morgan fingerprint density at radius 3 is 2.59 bits per heavy atom. The Morgan fingerprint density at radius 2 is 1.91 bits per heavy atom. The Balaban J connectivity index is 1.47. The highest BCUT2D eigenvalue weighted by atomic mass is 35.5. The number of esters is 1. The third kappa shape index (κ3) is 6.73. The van der Waals surface area contributed by atoms with Crippen molar-refractivity contribution in [2.24, 2.45) is 0 Å². The molecule has 0 saturated carbocycles. The third-order valence-electron chi connectivity index (χ3n) is 4.45. The second kappa shape index (κ2) is 11.5. The van der Waals surface area contributed by atoms with Crippen LogP contribution in [0.4, 0.5) is 0 Å². The molecule has 2 aromatic heterocycles. The van der Waals surface area contributed by atoms with Crippen LogP contribution in [0.2, 0.25) is 5.02 Å². The molecular formula is C22H22ClN3O5S. The van der Waals surface area contributed by atoms with E-state index in [2.05, 4.69) is 10.2 Å². The first-order valence-electron chi connectivity index (χ1n) is 10.0. The molecule has 0 saturated heterocycles. The van der Waals surface area contributed by atoms with Crippen molar-refractivity contribution in [3.05, 3.63) is 58.3 Å². The summed E-state index contributed by atoms with van der Waals surface area (Å²) >= 11 is 7.28. The summed E-state index contributed by atoms with van der Waals surface area (Å²) in [5.74, 6) is -0.490. The zero-order valence-corrected chi connectivity index (χ0v) is 19.0. The van der Waals surface area contributed by atoms with Gasteiger partial charge in [0.2, 0.25) is 5.89 Å². The topological polar surface area (TPSA) is 103 Å². The van der Waals surface area contributed by atoms with Crippen molar-refractivity contribution < 1.29 is 23.5 Å². The number of halogens is 1. The molecule has 0 spiro atoms. The van der Waals surface area contributed by atoms with Gasteiger partial charge in [-0.15, -0.1) is 21.5 Å². The van der Waals surface area contributed by atoms with Crippen molar-refractivity contribution >= 4 is 40.6 Å². The minimum atomic E-state index is -0.616. The molecule has 1 aromatic carbocycles. The lowest BCUT2D eigenvalue weighted by Gasteiger charge is -2.20. The van der Waals surface area contributed by atoms with Crippen LogP contribution in [0.3, 0.4) is 0 Å². The van der Waals surface area contributed by atoms with Gasteiger partial charge in [-0.25, -0.2) is 0 Å². The van der Waals surface area contributed by atoms with Gasteiger partial charge in [0, 0.05) is 23.6 Å². The number of Topliss-reactive ketones (excluding diaryl/α,β-unsaturated/α-hetero) is 1. The Bertz CT molecular complexity index is 1050. The summed E-state index contributed by atoms with van der Waals surface area (Å²) in [4.78, 5) is 39.0.